The minimum atomic E-state index is -0.503. The lowest BCUT2D eigenvalue weighted by molar-refractivity contribution is 0.633. The number of thiophene rings is 1. The molecule has 0 fully saturated rings. The van der Waals surface area contributed by atoms with Crippen LogP contribution in [-0.4, -0.2) is 0 Å². The molecule has 0 atom stereocenters. The van der Waals surface area contributed by atoms with Crippen LogP contribution in [-0.2, 0) is 10.8 Å². The third-order valence-corrected chi connectivity index (χ3v) is 12.4. The summed E-state index contributed by atoms with van der Waals surface area (Å²) in [5.41, 5.74) is 15.0. The molecule has 8 aromatic rings. The second-order valence-electron chi connectivity index (χ2n) is 12.9. The summed E-state index contributed by atoms with van der Waals surface area (Å²) in [5, 5.41) is 3.41. The van der Waals surface area contributed by atoms with Crippen molar-refractivity contribution in [1.29, 1.82) is 0 Å². The fraction of sp³-hybridized carbons (Fsp3) is 0.0455. The van der Waals surface area contributed by atoms with Crippen molar-refractivity contribution >= 4 is 43.1 Å². The van der Waals surface area contributed by atoms with E-state index in [4.69, 9.17) is 11.6 Å². The van der Waals surface area contributed by atoms with Crippen molar-refractivity contribution in [1.82, 2.24) is 0 Å². The quantitative estimate of drug-likeness (QED) is 0.158. The molecule has 0 N–H and O–H groups in total. The highest BCUT2D eigenvalue weighted by Crippen LogP contribution is 2.67. The number of fused-ring (bicyclic) bond motifs is 19. The average Bonchev–Trinajstić information content (AvgIpc) is 3.71. The van der Waals surface area contributed by atoms with Crippen LogP contribution in [0.15, 0.2) is 152 Å². The van der Waals surface area contributed by atoms with Crippen LogP contribution < -0.4 is 0 Å². The van der Waals surface area contributed by atoms with Gasteiger partial charge in [0, 0.05) is 25.2 Å². The molecule has 3 aliphatic rings. The van der Waals surface area contributed by atoms with Gasteiger partial charge in [0.05, 0.1) is 10.8 Å². The van der Waals surface area contributed by atoms with Crippen LogP contribution in [0.25, 0.3) is 42.4 Å². The first-order chi connectivity index (χ1) is 22.7. The summed E-state index contributed by atoms with van der Waals surface area (Å²) in [6.45, 7) is 0. The molecular formula is C44H25ClS. The van der Waals surface area contributed by atoms with Gasteiger partial charge in [-0.25, -0.2) is 0 Å². The molecule has 0 amide bonds. The highest BCUT2D eigenvalue weighted by atomic mass is 35.5. The number of rotatable bonds is 0. The second-order valence-corrected chi connectivity index (χ2v) is 14.4. The van der Waals surface area contributed by atoms with Gasteiger partial charge in [-0.05, 0) is 97.1 Å². The molecule has 0 nitrogen and oxygen atoms in total. The highest BCUT2D eigenvalue weighted by Gasteiger charge is 2.58. The van der Waals surface area contributed by atoms with Crippen molar-refractivity contribution in [3.8, 4) is 22.3 Å². The lowest BCUT2D eigenvalue weighted by Gasteiger charge is -2.48. The first kappa shape index (κ1) is 25.3. The summed E-state index contributed by atoms with van der Waals surface area (Å²) in [4.78, 5) is 0. The topological polar surface area (TPSA) is 0 Å². The molecule has 11 rings (SSSR count). The minimum absolute atomic E-state index is 0.430. The maximum absolute atomic E-state index is 6.81. The van der Waals surface area contributed by atoms with Crippen LogP contribution in [0.3, 0.4) is 0 Å². The van der Waals surface area contributed by atoms with E-state index in [0.29, 0.717) is 0 Å². The summed E-state index contributed by atoms with van der Waals surface area (Å²) >= 11 is 8.69. The molecule has 0 unspecified atom stereocenters. The van der Waals surface area contributed by atoms with Crippen molar-refractivity contribution in [3.63, 3.8) is 0 Å². The maximum Gasteiger partial charge on any atom is 0.0720 e. The Morgan fingerprint density at radius 2 is 0.826 bits per heavy atom. The van der Waals surface area contributed by atoms with Gasteiger partial charge >= 0.3 is 0 Å². The van der Waals surface area contributed by atoms with Crippen LogP contribution in [0, 0.1) is 0 Å². The summed E-state index contributed by atoms with van der Waals surface area (Å²) in [6.07, 6.45) is 0. The zero-order chi connectivity index (χ0) is 30.2. The smallest absolute Gasteiger partial charge is 0.0720 e. The normalized spacial score (nSPS) is 15.4. The molecule has 0 aliphatic heterocycles. The van der Waals surface area contributed by atoms with Crippen LogP contribution in [0.4, 0.5) is 0 Å². The van der Waals surface area contributed by atoms with E-state index in [-0.39, 0.29) is 0 Å². The van der Waals surface area contributed by atoms with E-state index < -0.39 is 10.8 Å². The lowest BCUT2D eigenvalue weighted by atomic mass is 9.52. The van der Waals surface area contributed by atoms with Crippen molar-refractivity contribution in [2.75, 3.05) is 0 Å². The van der Waals surface area contributed by atoms with E-state index in [1.165, 1.54) is 86.9 Å². The number of hydrogen-bond acceptors (Lipinski definition) is 1. The van der Waals surface area contributed by atoms with Gasteiger partial charge in [-0.2, -0.15) is 0 Å². The molecule has 0 bridgehead atoms. The third kappa shape index (κ3) is 2.76. The van der Waals surface area contributed by atoms with E-state index in [0.717, 1.165) is 5.02 Å². The van der Waals surface area contributed by atoms with Crippen LogP contribution >= 0.6 is 22.9 Å². The predicted molar refractivity (Wildman–Crippen MR) is 193 cm³/mol. The number of benzene rings is 7. The number of hydrogen-bond donors (Lipinski definition) is 0. The molecule has 1 aromatic heterocycles. The Bertz CT molecular complexity index is 2530. The standard InChI is InChI=1S/C44H25ClS/c45-26-21-22-35-30(23-26)31-25-42-32(29-13-3-10-20-41(29)46-42)24-40(31)44(35)38-18-8-6-16-36(38)43(37-17-7-9-19-39(37)44)33-14-4-1-11-27(33)28-12-2-5-15-34(28)43/h1-25H. The Morgan fingerprint density at radius 3 is 1.46 bits per heavy atom. The van der Waals surface area contributed by atoms with Gasteiger partial charge < -0.3 is 0 Å². The van der Waals surface area contributed by atoms with Gasteiger partial charge in [0.25, 0.3) is 0 Å². The van der Waals surface area contributed by atoms with Gasteiger partial charge in [-0.15, -0.1) is 11.3 Å². The third-order valence-electron chi connectivity index (χ3n) is 11.0. The first-order valence-electron chi connectivity index (χ1n) is 15.9. The Hall–Kier alpha value is -4.95. The Labute approximate surface area is 276 Å². The van der Waals surface area contributed by atoms with Crippen molar-refractivity contribution in [2.45, 2.75) is 10.8 Å². The van der Waals surface area contributed by atoms with E-state index in [9.17, 15) is 0 Å². The average molecular weight is 621 g/mol. The Morgan fingerprint density at radius 1 is 0.348 bits per heavy atom. The summed E-state index contributed by atoms with van der Waals surface area (Å²) in [5.74, 6) is 0. The van der Waals surface area contributed by atoms with Gasteiger partial charge in [0.1, 0.15) is 0 Å². The molecule has 3 aliphatic carbocycles. The molecule has 0 saturated carbocycles. The molecule has 214 valence electrons. The zero-order valence-corrected chi connectivity index (χ0v) is 26.3. The van der Waals surface area contributed by atoms with E-state index in [1.807, 2.05) is 11.3 Å². The van der Waals surface area contributed by atoms with Crippen LogP contribution in [0.2, 0.25) is 5.02 Å². The lowest BCUT2D eigenvalue weighted by Crippen LogP contribution is -2.43. The molecular weight excluding hydrogens is 596 g/mol. The molecule has 0 radical (unpaired) electrons. The molecule has 0 saturated heterocycles. The zero-order valence-electron chi connectivity index (χ0n) is 24.7. The van der Waals surface area contributed by atoms with Gasteiger partial charge in [0.15, 0.2) is 0 Å². The second kappa shape index (κ2) is 8.65. The molecule has 46 heavy (non-hydrogen) atoms. The SMILES string of the molecule is Clc1ccc2c(c1)-c1cc3sc4ccccc4c3cc1C21c2ccccc2C2(c3ccccc3-c3ccccc32)c2ccccc21. The summed E-state index contributed by atoms with van der Waals surface area (Å²) in [7, 11) is 0. The van der Waals surface area contributed by atoms with Crippen LogP contribution in [0.1, 0.15) is 44.5 Å². The number of halogens is 1. The maximum atomic E-state index is 6.81. The molecule has 1 heterocycles. The van der Waals surface area contributed by atoms with Crippen molar-refractivity contribution < 1.29 is 0 Å². The fourth-order valence-electron chi connectivity index (χ4n) is 9.48. The highest BCUT2D eigenvalue weighted by molar-refractivity contribution is 7.25. The molecule has 7 aromatic carbocycles. The van der Waals surface area contributed by atoms with Gasteiger partial charge in [-0.1, -0.05) is 133 Å². The minimum Gasteiger partial charge on any atom is -0.135 e. The van der Waals surface area contributed by atoms with Crippen LogP contribution in [0.5, 0.6) is 0 Å². The van der Waals surface area contributed by atoms with E-state index in [1.54, 1.807) is 0 Å². The fourth-order valence-corrected chi connectivity index (χ4v) is 10.8. The first-order valence-corrected chi connectivity index (χ1v) is 17.1. The van der Waals surface area contributed by atoms with Gasteiger partial charge in [0.2, 0.25) is 0 Å². The monoisotopic (exact) mass is 620 g/mol. The summed E-state index contributed by atoms with van der Waals surface area (Å²) < 4.78 is 2.64. The van der Waals surface area contributed by atoms with Crippen molar-refractivity contribution in [3.05, 3.63) is 201 Å². The van der Waals surface area contributed by atoms with E-state index in [2.05, 4.69) is 152 Å². The Balaban J connectivity index is 1.36. The van der Waals surface area contributed by atoms with Gasteiger partial charge in [-0.3, -0.25) is 0 Å². The Kier molecular flexibility index (Phi) is 4.75. The molecule has 2 heteroatoms. The molecule has 2 spiro atoms. The largest absolute Gasteiger partial charge is 0.135 e. The summed E-state index contributed by atoms with van der Waals surface area (Å²) in [6, 6.07) is 57.0. The predicted octanol–water partition coefficient (Wildman–Crippen LogP) is 11.7. The van der Waals surface area contributed by atoms with E-state index >= 15 is 0 Å². The van der Waals surface area contributed by atoms with Crippen molar-refractivity contribution in [2.24, 2.45) is 0 Å².